The minimum absolute atomic E-state index is 0.0581. The second kappa shape index (κ2) is 9.14. The van der Waals surface area contributed by atoms with Crippen molar-refractivity contribution in [1.82, 2.24) is 4.72 Å². The van der Waals surface area contributed by atoms with E-state index in [9.17, 15) is 17.6 Å². The summed E-state index contributed by atoms with van der Waals surface area (Å²) in [5, 5.41) is 3.03. The summed E-state index contributed by atoms with van der Waals surface area (Å²) in [6, 6.07) is 14.7. The zero-order chi connectivity index (χ0) is 21.9. The summed E-state index contributed by atoms with van der Waals surface area (Å²) < 4.78 is 41.9. The summed E-state index contributed by atoms with van der Waals surface area (Å²) in [5.74, 6) is -1.69. The number of hydrogen-bond acceptors (Lipinski definition) is 3. The summed E-state index contributed by atoms with van der Waals surface area (Å²) in [5.41, 5.74) is 1.64. The van der Waals surface area contributed by atoms with Crippen molar-refractivity contribution < 1.29 is 17.6 Å². The lowest BCUT2D eigenvalue weighted by atomic mass is 10.2. The number of nitrogens with one attached hydrogen (secondary N) is 2. The van der Waals surface area contributed by atoms with Crippen LogP contribution < -0.4 is 10.0 Å². The van der Waals surface area contributed by atoms with Crippen LogP contribution in [0.1, 0.15) is 21.5 Å². The molecule has 2 N–H and O–H groups in total. The van der Waals surface area contributed by atoms with Crippen molar-refractivity contribution in [2.24, 2.45) is 0 Å². The van der Waals surface area contributed by atoms with E-state index in [0.29, 0.717) is 0 Å². The van der Waals surface area contributed by atoms with Crippen molar-refractivity contribution in [3.05, 3.63) is 93.2 Å². The zero-order valence-electron chi connectivity index (χ0n) is 15.7. The zero-order valence-corrected chi connectivity index (χ0v) is 18.1. The SMILES string of the molecule is Cc1ccc(CNS(=O)(=O)c2ccc(F)c(C(=O)Nc3cc(Cl)cc(Cl)c3)c2)cc1. The van der Waals surface area contributed by atoms with Crippen LogP contribution in [0.25, 0.3) is 0 Å². The van der Waals surface area contributed by atoms with E-state index < -0.39 is 27.3 Å². The topological polar surface area (TPSA) is 75.3 Å². The lowest BCUT2D eigenvalue weighted by molar-refractivity contribution is 0.102. The van der Waals surface area contributed by atoms with Crippen molar-refractivity contribution in [2.75, 3.05) is 5.32 Å². The monoisotopic (exact) mass is 466 g/mol. The van der Waals surface area contributed by atoms with Gasteiger partial charge in [0.15, 0.2) is 0 Å². The fourth-order valence-electron chi connectivity index (χ4n) is 2.64. The van der Waals surface area contributed by atoms with Crippen LogP contribution in [0.5, 0.6) is 0 Å². The quantitative estimate of drug-likeness (QED) is 0.525. The molecule has 5 nitrogen and oxygen atoms in total. The highest BCUT2D eigenvalue weighted by atomic mass is 35.5. The average Bonchev–Trinajstić information content (AvgIpc) is 2.67. The highest BCUT2D eigenvalue weighted by Gasteiger charge is 2.20. The smallest absolute Gasteiger partial charge is 0.258 e. The maximum Gasteiger partial charge on any atom is 0.258 e. The van der Waals surface area contributed by atoms with Crippen molar-refractivity contribution >= 4 is 44.8 Å². The fraction of sp³-hybridized carbons (Fsp3) is 0.0952. The lowest BCUT2D eigenvalue weighted by Crippen LogP contribution is -2.24. The van der Waals surface area contributed by atoms with E-state index in [1.165, 1.54) is 18.2 Å². The Kier molecular flexibility index (Phi) is 6.77. The normalized spacial score (nSPS) is 11.3. The Labute approximate surface area is 183 Å². The first-order valence-corrected chi connectivity index (χ1v) is 11.0. The molecule has 1 amide bonds. The van der Waals surface area contributed by atoms with Crippen LogP contribution in [-0.2, 0) is 16.6 Å². The highest BCUT2D eigenvalue weighted by molar-refractivity contribution is 7.89. The Balaban J connectivity index is 1.80. The summed E-state index contributed by atoms with van der Waals surface area (Å²) in [7, 11) is -3.97. The van der Waals surface area contributed by atoms with Crippen LogP contribution in [0.4, 0.5) is 10.1 Å². The van der Waals surface area contributed by atoms with Gasteiger partial charge in [-0.2, -0.15) is 0 Å². The van der Waals surface area contributed by atoms with Crippen LogP contribution >= 0.6 is 23.2 Å². The van der Waals surface area contributed by atoms with Gasteiger partial charge < -0.3 is 5.32 Å². The third-order valence-corrected chi connectivity index (χ3v) is 6.04. The number of benzene rings is 3. The number of hydrogen-bond donors (Lipinski definition) is 2. The van der Waals surface area contributed by atoms with E-state index in [1.54, 1.807) is 12.1 Å². The van der Waals surface area contributed by atoms with E-state index in [4.69, 9.17) is 23.2 Å². The van der Waals surface area contributed by atoms with Gasteiger partial charge in [-0.15, -0.1) is 0 Å². The number of amides is 1. The summed E-state index contributed by atoms with van der Waals surface area (Å²) in [6.45, 7) is 1.99. The molecule has 0 aliphatic heterocycles. The summed E-state index contributed by atoms with van der Waals surface area (Å²) in [4.78, 5) is 12.3. The maximum absolute atomic E-state index is 14.2. The average molecular weight is 467 g/mol. The minimum atomic E-state index is -3.97. The molecule has 0 aromatic heterocycles. The molecule has 0 atom stereocenters. The van der Waals surface area contributed by atoms with Gasteiger partial charge in [-0.1, -0.05) is 53.0 Å². The van der Waals surface area contributed by atoms with Crippen LogP contribution in [0.15, 0.2) is 65.6 Å². The number of carbonyl (C=O) groups is 1. The second-order valence-corrected chi connectivity index (χ2v) is 9.20. The van der Waals surface area contributed by atoms with Gasteiger partial charge in [0.1, 0.15) is 5.82 Å². The molecule has 0 bridgehead atoms. The van der Waals surface area contributed by atoms with Crippen molar-refractivity contribution in [3.63, 3.8) is 0 Å². The maximum atomic E-state index is 14.2. The molecule has 0 radical (unpaired) electrons. The fourth-order valence-corrected chi connectivity index (χ4v) is 4.21. The molecule has 3 aromatic carbocycles. The second-order valence-electron chi connectivity index (χ2n) is 6.56. The molecule has 0 saturated carbocycles. The number of halogens is 3. The van der Waals surface area contributed by atoms with E-state index in [2.05, 4.69) is 10.0 Å². The predicted molar refractivity (Wildman–Crippen MR) is 116 cm³/mol. The number of aryl methyl sites for hydroxylation is 1. The Morgan fingerprint density at radius 2 is 1.60 bits per heavy atom. The van der Waals surface area contributed by atoms with E-state index in [0.717, 1.165) is 29.3 Å². The summed E-state index contributed by atoms with van der Waals surface area (Å²) in [6.07, 6.45) is 0. The summed E-state index contributed by atoms with van der Waals surface area (Å²) >= 11 is 11.8. The Bertz CT molecular complexity index is 1180. The molecule has 30 heavy (non-hydrogen) atoms. The lowest BCUT2D eigenvalue weighted by Gasteiger charge is -2.11. The highest BCUT2D eigenvalue weighted by Crippen LogP contribution is 2.24. The molecule has 0 aliphatic carbocycles. The Morgan fingerprint density at radius 1 is 0.967 bits per heavy atom. The standard InChI is InChI=1S/C21H17Cl2FN2O3S/c1-13-2-4-14(5-3-13)12-25-30(28,29)18-6-7-20(24)19(11-18)21(27)26-17-9-15(22)8-16(23)10-17/h2-11,25H,12H2,1H3,(H,26,27). The van der Waals surface area contributed by atoms with Crippen LogP contribution in [0, 0.1) is 12.7 Å². The molecule has 0 aliphatic rings. The molecular formula is C21H17Cl2FN2O3S. The number of sulfonamides is 1. The number of anilines is 1. The van der Waals surface area contributed by atoms with Crippen LogP contribution in [-0.4, -0.2) is 14.3 Å². The van der Waals surface area contributed by atoms with Crippen molar-refractivity contribution in [3.8, 4) is 0 Å². The first-order chi connectivity index (χ1) is 14.1. The molecule has 0 fully saturated rings. The molecule has 3 rings (SSSR count). The van der Waals surface area contributed by atoms with Gasteiger partial charge in [0.25, 0.3) is 5.91 Å². The molecule has 156 valence electrons. The molecular weight excluding hydrogens is 450 g/mol. The Hall–Kier alpha value is -2.45. The molecule has 0 unspecified atom stereocenters. The first kappa shape index (κ1) is 22.2. The van der Waals surface area contributed by atoms with Gasteiger partial charge >= 0.3 is 0 Å². The van der Waals surface area contributed by atoms with Gasteiger partial charge in [0.2, 0.25) is 10.0 Å². The van der Waals surface area contributed by atoms with Gasteiger partial charge in [-0.05, 0) is 48.9 Å². The first-order valence-electron chi connectivity index (χ1n) is 8.76. The molecule has 3 aromatic rings. The van der Waals surface area contributed by atoms with Gasteiger partial charge in [-0.25, -0.2) is 17.5 Å². The third-order valence-electron chi connectivity index (χ3n) is 4.20. The van der Waals surface area contributed by atoms with Gasteiger partial charge in [0, 0.05) is 22.3 Å². The van der Waals surface area contributed by atoms with Crippen LogP contribution in [0.3, 0.4) is 0 Å². The largest absolute Gasteiger partial charge is 0.322 e. The van der Waals surface area contributed by atoms with Crippen LogP contribution in [0.2, 0.25) is 10.0 Å². The third kappa shape index (κ3) is 5.58. The van der Waals surface area contributed by atoms with Gasteiger partial charge in [0.05, 0.1) is 10.5 Å². The van der Waals surface area contributed by atoms with E-state index >= 15 is 0 Å². The number of rotatable bonds is 6. The van der Waals surface area contributed by atoms with Gasteiger partial charge in [-0.3, -0.25) is 4.79 Å². The van der Waals surface area contributed by atoms with E-state index in [-0.39, 0.29) is 27.2 Å². The van der Waals surface area contributed by atoms with Crippen molar-refractivity contribution in [1.29, 1.82) is 0 Å². The predicted octanol–water partition coefficient (Wildman–Crippen LogP) is 5.17. The Morgan fingerprint density at radius 3 is 2.23 bits per heavy atom. The molecule has 0 heterocycles. The van der Waals surface area contributed by atoms with Crippen molar-refractivity contribution in [2.45, 2.75) is 18.4 Å². The number of carbonyl (C=O) groups excluding carboxylic acids is 1. The molecule has 0 saturated heterocycles. The molecule has 0 spiro atoms. The minimum Gasteiger partial charge on any atom is -0.322 e. The van der Waals surface area contributed by atoms with E-state index in [1.807, 2.05) is 19.1 Å². The molecule has 9 heteroatoms.